The molecule has 1 heterocycles. The summed E-state index contributed by atoms with van der Waals surface area (Å²) < 4.78 is 0. The Morgan fingerprint density at radius 2 is 1.71 bits per heavy atom. The third-order valence-electron chi connectivity index (χ3n) is 4.12. The van der Waals surface area contributed by atoms with Crippen LogP contribution in [-0.2, 0) is 6.54 Å². The van der Waals surface area contributed by atoms with Crippen LogP contribution in [0.3, 0.4) is 0 Å². The predicted octanol–water partition coefficient (Wildman–Crippen LogP) is 1.48. The van der Waals surface area contributed by atoms with Gasteiger partial charge < -0.3 is 15.1 Å². The first-order valence-corrected chi connectivity index (χ1v) is 8.10. The minimum Gasteiger partial charge on any atom is -0.369 e. The smallest absolute Gasteiger partial charge is 0.0367 e. The van der Waals surface area contributed by atoms with Crippen molar-refractivity contribution in [1.82, 2.24) is 15.1 Å². The lowest BCUT2D eigenvalue weighted by atomic mass is 10.1. The molecule has 0 unspecified atom stereocenters. The summed E-state index contributed by atoms with van der Waals surface area (Å²) >= 11 is 0. The molecule has 0 bridgehead atoms. The van der Waals surface area contributed by atoms with Crippen LogP contribution in [0, 0.1) is 0 Å². The summed E-state index contributed by atoms with van der Waals surface area (Å²) in [6.45, 7) is 11.1. The molecule has 21 heavy (non-hydrogen) atoms. The van der Waals surface area contributed by atoms with E-state index in [0.29, 0.717) is 0 Å². The van der Waals surface area contributed by atoms with Crippen molar-refractivity contribution in [2.24, 2.45) is 0 Å². The van der Waals surface area contributed by atoms with Crippen molar-refractivity contribution in [2.45, 2.75) is 13.5 Å². The maximum absolute atomic E-state index is 3.37. The van der Waals surface area contributed by atoms with E-state index in [0.717, 1.165) is 32.7 Å². The van der Waals surface area contributed by atoms with Crippen LogP contribution in [0.4, 0.5) is 5.69 Å². The maximum Gasteiger partial charge on any atom is 0.0367 e. The molecule has 1 saturated heterocycles. The minimum atomic E-state index is 0.967. The normalized spacial score (nSPS) is 16.7. The average molecular weight is 290 g/mol. The lowest BCUT2D eigenvalue weighted by molar-refractivity contribution is 0.229. The number of hydrogen-bond donors (Lipinski definition) is 1. The molecular weight excluding hydrogens is 260 g/mol. The van der Waals surface area contributed by atoms with Crippen LogP contribution in [0.25, 0.3) is 0 Å². The molecule has 1 N–H and O–H groups in total. The van der Waals surface area contributed by atoms with Crippen molar-refractivity contribution >= 4 is 5.69 Å². The Bertz CT molecular complexity index is 394. The van der Waals surface area contributed by atoms with E-state index in [1.165, 1.54) is 30.9 Å². The van der Waals surface area contributed by atoms with Crippen molar-refractivity contribution in [3.05, 3.63) is 29.8 Å². The zero-order chi connectivity index (χ0) is 15.1. The van der Waals surface area contributed by atoms with Gasteiger partial charge in [0.15, 0.2) is 0 Å². The van der Waals surface area contributed by atoms with Crippen LogP contribution in [0.1, 0.15) is 12.5 Å². The zero-order valence-electron chi connectivity index (χ0n) is 13.8. The maximum atomic E-state index is 3.37. The van der Waals surface area contributed by atoms with Crippen molar-refractivity contribution < 1.29 is 0 Å². The molecule has 0 spiro atoms. The lowest BCUT2D eigenvalue weighted by Gasteiger charge is -2.36. The van der Waals surface area contributed by atoms with E-state index in [1.54, 1.807) is 0 Å². The second-order valence-electron chi connectivity index (χ2n) is 6.08. The van der Waals surface area contributed by atoms with Crippen LogP contribution in [0.5, 0.6) is 0 Å². The molecule has 1 aromatic carbocycles. The number of rotatable bonds is 7. The SMILES string of the molecule is CCNCc1ccc(N2CCN(CCN(C)C)CC2)cc1. The van der Waals surface area contributed by atoms with Gasteiger partial charge in [-0.3, -0.25) is 4.90 Å². The summed E-state index contributed by atoms with van der Waals surface area (Å²) in [5.41, 5.74) is 2.73. The molecule has 0 aromatic heterocycles. The second kappa shape index (κ2) is 8.37. The Balaban J connectivity index is 1.79. The number of piperazine rings is 1. The highest BCUT2D eigenvalue weighted by atomic mass is 15.3. The number of nitrogens with one attached hydrogen (secondary N) is 1. The van der Waals surface area contributed by atoms with E-state index in [2.05, 4.69) is 65.3 Å². The fraction of sp³-hybridized carbons (Fsp3) is 0.647. The molecule has 0 atom stereocenters. The number of anilines is 1. The molecule has 0 aliphatic carbocycles. The van der Waals surface area contributed by atoms with E-state index in [4.69, 9.17) is 0 Å². The molecule has 0 radical (unpaired) electrons. The van der Waals surface area contributed by atoms with Crippen LogP contribution >= 0.6 is 0 Å². The van der Waals surface area contributed by atoms with Crippen molar-refractivity contribution in [2.75, 3.05) is 64.8 Å². The van der Waals surface area contributed by atoms with Gasteiger partial charge in [0.1, 0.15) is 0 Å². The van der Waals surface area contributed by atoms with E-state index >= 15 is 0 Å². The van der Waals surface area contributed by atoms with Gasteiger partial charge in [0, 0.05) is 51.5 Å². The van der Waals surface area contributed by atoms with Gasteiger partial charge in [-0.15, -0.1) is 0 Å². The van der Waals surface area contributed by atoms with Crippen molar-refractivity contribution in [1.29, 1.82) is 0 Å². The van der Waals surface area contributed by atoms with Gasteiger partial charge >= 0.3 is 0 Å². The van der Waals surface area contributed by atoms with Crippen molar-refractivity contribution in [3.63, 3.8) is 0 Å². The Kier molecular flexibility index (Phi) is 6.49. The van der Waals surface area contributed by atoms with Gasteiger partial charge in [-0.05, 0) is 38.3 Å². The third-order valence-corrected chi connectivity index (χ3v) is 4.12. The Hall–Kier alpha value is -1.10. The van der Waals surface area contributed by atoms with Crippen molar-refractivity contribution in [3.8, 4) is 0 Å². The average Bonchev–Trinajstić information content (AvgIpc) is 2.52. The van der Waals surface area contributed by atoms with Gasteiger partial charge in [-0.2, -0.15) is 0 Å². The summed E-state index contributed by atoms with van der Waals surface area (Å²) in [6, 6.07) is 9.02. The van der Waals surface area contributed by atoms with E-state index in [-0.39, 0.29) is 0 Å². The third kappa shape index (κ3) is 5.30. The van der Waals surface area contributed by atoms with Crippen LogP contribution in [0.2, 0.25) is 0 Å². The Morgan fingerprint density at radius 1 is 1.05 bits per heavy atom. The first-order valence-electron chi connectivity index (χ1n) is 8.10. The molecule has 1 aliphatic heterocycles. The Labute approximate surface area is 129 Å². The Morgan fingerprint density at radius 3 is 2.29 bits per heavy atom. The van der Waals surface area contributed by atoms with Gasteiger partial charge in [0.25, 0.3) is 0 Å². The molecular formula is C17H30N4. The second-order valence-corrected chi connectivity index (χ2v) is 6.08. The molecule has 1 aliphatic rings. The highest BCUT2D eigenvalue weighted by Crippen LogP contribution is 2.17. The van der Waals surface area contributed by atoms with Crippen LogP contribution in [-0.4, -0.2) is 69.7 Å². The topological polar surface area (TPSA) is 21.8 Å². The molecule has 4 nitrogen and oxygen atoms in total. The van der Waals surface area contributed by atoms with E-state index in [1.807, 2.05) is 0 Å². The lowest BCUT2D eigenvalue weighted by Crippen LogP contribution is -2.48. The summed E-state index contributed by atoms with van der Waals surface area (Å²) in [6.07, 6.45) is 0. The number of likely N-dealkylation sites (N-methyl/N-ethyl adjacent to an activating group) is 1. The molecule has 1 fully saturated rings. The van der Waals surface area contributed by atoms with Crippen LogP contribution in [0.15, 0.2) is 24.3 Å². The summed E-state index contributed by atoms with van der Waals surface area (Å²) in [4.78, 5) is 7.33. The number of hydrogen-bond acceptors (Lipinski definition) is 4. The number of benzene rings is 1. The minimum absolute atomic E-state index is 0.967. The van der Waals surface area contributed by atoms with E-state index in [9.17, 15) is 0 Å². The van der Waals surface area contributed by atoms with Gasteiger partial charge in [-0.25, -0.2) is 0 Å². The van der Waals surface area contributed by atoms with Gasteiger partial charge in [0.05, 0.1) is 0 Å². The summed E-state index contributed by atoms with van der Waals surface area (Å²) in [7, 11) is 4.29. The molecule has 0 saturated carbocycles. The fourth-order valence-corrected chi connectivity index (χ4v) is 2.67. The zero-order valence-corrected chi connectivity index (χ0v) is 13.8. The molecule has 2 rings (SSSR count). The molecule has 118 valence electrons. The van der Waals surface area contributed by atoms with Gasteiger partial charge in [0.2, 0.25) is 0 Å². The highest BCUT2D eigenvalue weighted by Gasteiger charge is 2.16. The van der Waals surface area contributed by atoms with Crippen LogP contribution < -0.4 is 10.2 Å². The largest absolute Gasteiger partial charge is 0.369 e. The molecule has 0 amide bonds. The summed E-state index contributed by atoms with van der Waals surface area (Å²) in [5.74, 6) is 0. The molecule has 1 aromatic rings. The quantitative estimate of drug-likeness (QED) is 0.821. The summed E-state index contributed by atoms with van der Waals surface area (Å²) in [5, 5.41) is 3.37. The van der Waals surface area contributed by atoms with E-state index < -0.39 is 0 Å². The fourth-order valence-electron chi connectivity index (χ4n) is 2.67. The first kappa shape index (κ1) is 16.3. The first-order chi connectivity index (χ1) is 10.2. The monoisotopic (exact) mass is 290 g/mol. The predicted molar refractivity (Wildman–Crippen MR) is 91.0 cm³/mol. The standard InChI is InChI=1S/C17H30N4/c1-4-18-15-16-5-7-17(8-6-16)21-13-11-20(12-14-21)10-9-19(2)3/h5-8,18H,4,9-15H2,1-3H3. The molecule has 4 heteroatoms. The van der Waals surface area contributed by atoms with Gasteiger partial charge in [-0.1, -0.05) is 19.1 Å². The highest BCUT2D eigenvalue weighted by molar-refractivity contribution is 5.48. The number of nitrogens with zero attached hydrogens (tertiary/aromatic N) is 3.